The van der Waals surface area contributed by atoms with Gasteiger partial charge in [-0.3, -0.25) is 4.79 Å². The lowest BCUT2D eigenvalue weighted by molar-refractivity contribution is -0.113. The van der Waals surface area contributed by atoms with Gasteiger partial charge in [0, 0.05) is 23.6 Å². The van der Waals surface area contributed by atoms with Crippen LogP contribution in [0.3, 0.4) is 0 Å². The summed E-state index contributed by atoms with van der Waals surface area (Å²) in [5.74, 6) is 0.425. The van der Waals surface area contributed by atoms with Crippen LogP contribution in [0.25, 0.3) is 16.8 Å². The molecule has 0 fully saturated rings. The van der Waals surface area contributed by atoms with E-state index < -0.39 is 0 Å². The Morgan fingerprint density at radius 3 is 2.50 bits per heavy atom. The number of rotatable bonds is 9. The predicted molar refractivity (Wildman–Crippen MR) is 131 cm³/mol. The maximum atomic E-state index is 12.5. The van der Waals surface area contributed by atoms with Gasteiger partial charge in [-0.25, -0.2) is 14.3 Å². The molecule has 0 saturated heterocycles. The Morgan fingerprint density at radius 2 is 1.79 bits per heavy atom. The fourth-order valence-corrected chi connectivity index (χ4v) is 4.05. The molecule has 174 valence electrons. The van der Waals surface area contributed by atoms with Crippen molar-refractivity contribution in [2.75, 3.05) is 24.3 Å². The minimum atomic E-state index is -0.388. The molecule has 2 aromatic heterocycles. The Morgan fingerprint density at radius 1 is 1.03 bits per heavy atom. The topological polar surface area (TPSA) is 94.8 Å². The normalized spacial score (nSPS) is 10.8. The fourth-order valence-electron chi connectivity index (χ4n) is 3.27. The van der Waals surface area contributed by atoms with Crippen molar-refractivity contribution in [2.24, 2.45) is 0 Å². The van der Waals surface area contributed by atoms with Gasteiger partial charge in [-0.2, -0.15) is 5.10 Å². The number of thioether (sulfide) groups is 1. The van der Waals surface area contributed by atoms with Crippen LogP contribution in [0.5, 0.6) is 5.75 Å². The number of aromatic nitrogens is 3. The average molecular weight is 477 g/mol. The van der Waals surface area contributed by atoms with Gasteiger partial charge in [0.15, 0.2) is 0 Å². The molecule has 34 heavy (non-hydrogen) atoms. The molecule has 4 aromatic rings. The van der Waals surface area contributed by atoms with E-state index in [1.807, 2.05) is 37.3 Å². The summed E-state index contributed by atoms with van der Waals surface area (Å²) >= 11 is 1.33. The molecule has 0 aliphatic rings. The maximum Gasteiger partial charge on any atom is 0.338 e. The van der Waals surface area contributed by atoms with Crippen molar-refractivity contribution in [3.8, 4) is 17.0 Å². The van der Waals surface area contributed by atoms with E-state index in [-0.39, 0.29) is 17.6 Å². The molecule has 2 aromatic carbocycles. The number of fused-ring (bicyclic) bond motifs is 1. The molecule has 0 radical (unpaired) electrons. The summed E-state index contributed by atoms with van der Waals surface area (Å²) in [6.45, 7) is 4.63. The van der Waals surface area contributed by atoms with Gasteiger partial charge in [0.25, 0.3) is 0 Å². The first kappa shape index (κ1) is 23.3. The van der Waals surface area contributed by atoms with E-state index in [0.717, 1.165) is 22.5 Å². The number of hydrogen-bond acceptors (Lipinski definition) is 7. The summed E-state index contributed by atoms with van der Waals surface area (Å²) in [7, 11) is 0. The highest BCUT2D eigenvalue weighted by atomic mass is 32.2. The van der Waals surface area contributed by atoms with Crippen molar-refractivity contribution in [3.63, 3.8) is 0 Å². The van der Waals surface area contributed by atoms with Crippen LogP contribution in [0.4, 0.5) is 5.69 Å². The highest BCUT2D eigenvalue weighted by Gasteiger charge is 2.12. The van der Waals surface area contributed by atoms with E-state index in [1.165, 1.54) is 11.8 Å². The summed E-state index contributed by atoms with van der Waals surface area (Å²) in [6, 6.07) is 16.3. The fraction of sp³-hybridized carbons (Fsp3) is 0.200. The number of esters is 1. The zero-order valence-corrected chi connectivity index (χ0v) is 19.7. The summed E-state index contributed by atoms with van der Waals surface area (Å²) in [5, 5.41) is 8.17. The van der Waals surface area contributed by atoms with Gasteiger partial charge in [0.2, 0.25) is 5.91 Å². The van der Waals surface area contributed by atoms with Crippen LogP contribution in [0.2, 0.25) is 0 Å². The summed E-state index contributed by atoms with van der Waals surface area (Å²) in [6.07, 6.45) is 3.44. The van der Waals surface area contributed by atoms with Gasteiger partial charge < -0.3 is 14.8 Å². The number of anilines is 1. The van der Waals surface area contributed by atoms with Gasteiger partial charge in [0.05, 0.1) is 35.7 Å². The van der Waals surface area contributed by atoms with Gasteiger partial charge in [-0.15, -0.1) is 0 Å². The molecule has 0 bridgehead atoms. The first-order chi connectivity index (χ1) is 16.6. The maximum absolute atomic E-state index is 12.5. The van der Waals surface area contributed by atoms with Crippen LogP contribution >= 0.6 is 11.8 Å². The minimum Gasteiger partial charge on any atom is -0.494 e. The quantitative estimate of drug-likeness (QED) is 0.276. The van der Waals surface area contributed by atoms with Crippen LogP contribution < -0.4 is 10.1 Å². The van der Waals surface area contributed by atoms with Crippen molar-refractivity contribution in [2.45, 2.75) is 18.9 Å². The molecule has 0 atom stereocenters. The largest absolute Gasteiger partial charge is 0.494 e. The number of carbonyl (C=O) groups is 2. The molecule has 0 aliphatic carbocycles. The van der Waals surface area contributed by atoms with Gasteiger partial charge >= 0.3 is 5.97 Å². The molecule has 0 unspecified atom stereocenters. The molecule has 1 N–H and O–H groups in total. The second kappa shape index (κ2) is 10.8. The number of amides is 1. The molecule has 4 rings (SSSR count). The van der Waals surface area contributed by atoms with Crippen LogP contribution in [0, 0.1) is 0 Å². The lowest BCUT2D eigenvalue weighted by Crippen LogP contribution is -2.14. The predicted octanol–water partition coefficient (Wildman–Crippen LogP) is 4.70. The molecular formula is C25H24N4O4S. The number of nitrogens with one attached hydrogen (secondary N) is 1. The minimum absolute atomic E-state index is 0.176. The van der Waals surface area contributed by atoms with Crippen LogP contribution in [-0.2, 0) is 9.53 Å². The molecule has 0 aliphatic heterocycles. The van der Waals surface area contributed by atoms with Crippen molar-refractivity contribution < 1.29 is 19.1 Å². The Bertz CT molecular complexity index is 1290. The first-order valence-corrected chi connectivity index (χ1v) is 11.8. The van der Waals surface area contributed by atoms with Crippen molar-refractivity contribution in [1.29, 1.82) is 0 Å². The Balaban J connectivity index is 1.41. The van der Waals surface area contributed by atoms with Crippen LogP contribution in [0.1, 0.15) is 24.2 Å². The second-order valence-electron chi connectivity index (χ2n) is 7.18. The van der Waals surface area contributed by atoms with Crippen LogP contribution in [-0.4, -0.2) is 45.4 Å². The standard InChI is InChI=1S/C25H24N4O4S/c1-3-32-20-11-7-17(8-12-20)21-15-22-24(26-13-14-29(22)28-21)34-16-23(30)27-19-9-5-18(6-10-19)25(31)33-4-2/h5-15H,3-4,16H2,1-2H3,(H,27,30). The van der Waals surface area contributed by atoms with Gasteiger partial charge in [0.1, 0.15) is 10.8 Å². The molecule has 8 nitrogen and oxygen atoms in total. The molecule has 2 heterocycles. The van der Waals surface area contributed by atoms with E-state index in [0.29, 0.717) is 29.5 Å². The van der Waals surface area contributed by atoms with E-state index in [2.05, 4.69) is 15.4 Å². The third kappa shape index (κ3) is 5.55. The molecular weight excluding hydrogens is 452 g/mol. The zero-order chi connectivity index (χ0) is 23.9. The smallest absolute Gasteiger partial charge is 0.338 e. The van der Waals surface area contributed by atoms with Crippen molar-refractivity contribution >= 4 is 34.8 Å². The van der Waals surface area contributed by atoms with Gasteiger partial charge in [-0.05, 0) is 68.4 Å². The zero-order valence-electron chi connectivity index (χ0n) is 18.9. The number of benzene rings is 2. The SMILES string of the molecule is CCOC(=O)c1ccc(NC(=O)CSc2nccn3nc(-c4ccc(OCC)cc4)cc23)cc1. The Labute approximate surface area is 201 Å². The molecule has 0 spiro atoms. The third-order valence-corrected chi connectivity index (χ3v) is 5.83. The summed E-state index contributed by atoms with van der Waals surface area (Å²) < 4.78 is 12.2. The summed E-state index contributed by atoms with van der Waals surface area (Å²) in [5.41, 5.74) is 3.64. The van der Waals surface area contributed by atoms with E-state index in [1.54, 1.807) is 48.1 Å². The number of nitrogens with zero attached hydrogens (tertiary/aromatic N) is 3. The number of hydrogen-bond donors (Lipinski definition) is 1. The monoisotopic (exact) mass is 476 g/mol. The third-order valence-electron chi connectivity index (χ3n) is 4.84. The second-order valence-corrected chi connectivity index (χ2v) is 8.15. The highest BCUT2D eigenvalue weighted by molar-refractivity contribution is 8.00. The Hall–Kier alpha value is -3.85. The lowest BCUT2D eigenvalue weighted by atomic mass is 10.1. The van der Waals surface area contributed by atoms with E-state index in [9.17, 15) is 9.59 Å². The number of ether oxygens (including phenoxy) is 2. The van der Waals surface area contributed by atoms with E-state index >= 15 is 0 Å². The van der Waals surface area contributed by atoms with Gasteiger partial charge in [-0.1, -0.05) is 11.8 Å². The van der Waals surface area contributed by atoms with Crippen LogP contribution in [0.15, 0.2) is 72.0 Å². The molecule has 0 saturated carbocycles. The Kier molecular flexibility index (Phi) is 7.44. The van der Waals surface area contributed by atoms with Crippen molar-refractivity contribution in [1.82, 2.24) is 14.6 Å². The lowest BCUT2D eigenvalue weighted by Gasteiger charge is -2.07. The van der Waals surface area contributed by atoms with Crippen molar-refractivity contribution in [3.05, 3.63) is 72.6 Å². The first-order valence-electron chi connectivity index (χ1n) is 10.8. The molecule has 9 heteroatoms. The highest BCUT2D eigenvalue weighted by Crippen LogP contribution is 2.27. The average Bonchev–Trinajstić information content (AvgIpc) is 3.29. The molecule has 1 amide bonds. The summed E-state index contributed by atoms with van der Waals surface area (Å²) in [4.78, 5) is 28.6. The number of carbonyl (C=O) groups excluding carboxylic acids is 2. The van der Waals surface area contributed by atoms with E-state index in [4.69, 9.17) is 9.47 Å².